The molecule has 3 N–H and O–H groups in total. The van der Waals surface area contributed by atoms with E-state index in [4.69, 9.17) is 23.8 Å². The van der Waals surface area contributed by atoms with Crippen LogP contribution in [0.25, 0.3) is 0 Å². The van der Waals surface area contributed by atoms with Gasteiger partial charge in [0.2, 0.25) is 0 Å². The number of hydrogen-bond acceptors (Lipinski definition) is 2. The van der Waals surface area contributed by atoms with Gasteiger partial charge in [0.25, 0.3) is 5.91 Å². The fourth-order valence-corrected chi connectivity index (χ4v) is 3.27. The van der Waals surface area contributed by atoms with Crippen LogP contribution in [0.5, 0.6) is 0 Å². The quantitative estimate of drug-likeness (QED) is 0.689. The zero-order valence-corrected chi connectivity index (χ0v) is 15.1. The van der Waals surface area contributed by atoms with E-state index >= 15 is 0 Å². The molecule has 1 aliphatic heterocycles. The van der Waals surface area contributed by atoms with E-state index in [-0.39, 0.29) is 21.3 Å². The lowest BCUT2D eigenvalue weighted by Gasteiger charge is -2.31. The molecule has 0 radical (unpaired) electrons. The highest BCUT2D eigenvalue weighted by Gasteiger charge is 2.33. The Hall–Kier alpha value is -2.51. The number of thiocarbonyl (C=S) groups is 1. The summed E-state index contributed by atoms with van der Waals surface area (Å²) < 4.78 is 27.5. The molecule has 0 bridgehead atoms. The minimum atomic E-state index is -0.863. The Morgan fingerprint density at radius 2 is 1.88 bits per heavy atom. The van der Waals surface area contributed by atoms with Gasteiger partial charge in [-0.2, -0.15) is 0 Å². The molecule has 0 aliphatic carbocycles. The van der Waals surface area contributed by atoms with Crippen molar-refractivity contribution in [1.82, 2.24) is 10.6 Å². The average molecular weight is 394 g/mol. The van der Waals surface area contributed by atoms with Gasteiger partial charge >= 0.3 is 0 Å². The summed E-state index contributed by atoms with van der Waals surface area (Å²) in [6.45, 7) is 1.66. The van der Waals surface area contributed by atoms with Crippen molar-refractivity contribution in [3.63, 3.8) is 0 Å². The molecule has 3 rings (SSSR count). The number of allylic oxidation sites excluding steroid dienone is 1. The summed E-state index contributed by atoms with van der Waals surface area (Å²) >= 11 is 11.3. The van der Waals surface area contributed by atoms with Crippen molar-refractivity contribution in [2.45, 2.75) is 13.0 Å². The van der Waals surface area contributed by atoms with Crippen LogP contribution in [0.4, 0.5) is 14.5 Å². The molecule has 1 atom stereocenters. The second-order valence-corrected chi connectivity index (χ2v) is 6.48. The van der Waals surface area contributed by atoms with Crippen LogP contribution >= 0.6 is 23.8 Å². The van der Waals surface area contributed by atoms with E-state index in [1.54, 1.807) is 6.92 Å². The summed E-state index contributed by atoms with van der Waals surface area (Å²) in [4.78, 5) is 12.8. The van der Waals surface area contributed by atoms with E-state index in [0.29, 0.717) is 11.4 Å². The number of benzene rings is 2. The fourth-order valence-electron chi connectivity index (χ4n) is 2.73. The third kappa shape index (κ3) is 3.68. The second kappa shape index (κ2) is 7.39. The van der Waals surface area contributed by atoms with E-state index in [9.17, 15) is 13.6 Å². The smallest absolute Gasteiger partial charge is 0.255 e. The molecule has 0 fully saturated rings. The Bertz CT molecular complexity index is 895. The van der Waals surface area contributed by atoms with Crippen molar-refractivity contribution in [3.8, 4) is 0 Å². The van der Waals surface area contributed by atoms with E-state index in [0.717, 1.165) is 0 Å². The summed E-state index contributed by atoms with van der Waals surface area (Å²) in [6, 6.07) is 8.75. The lowest BCUT2D eigenvalue weighted by atomic mass is 9.94. The van der Waals surface area contributed by atoms with Crippen LogP contribution in [0.1, 0.15) is 18.5 Å². The molecular formula is C18H14ClF2N3OS. The maximum atomic E-state index is 14.4. The van der Waals surface area contributed by atoms with Crippen molar-refractivity contribution in [2.75, 3.05) is 5.32 Å². The topological polar surface area (TPSA) is 53.2 Å². The molecule has 0 saturated carbocycles. The first-order valence-corrected chi connectivity index (χ1v) is 8.44. The second-order valence-electron chi connectivity index (χ2n) is 5.67. The highest BCUT2D eigenvalue weighted by Crippen LogP contribution is 2.34. The van der Waals surface area contributed by atoms with Gasteiger partial charge < -0.3 is 16.0 Å². The predicted molar refractivity (Wildman–Crippen MR) is 101 cm³/mol. The van der Waals surface area contributed by atoms with Gasteiger partial charge in [0.1, 0.15) is 11.6 Å². The van der Waals surface area contributed by atoms with Gasteiger partial charge in [0.15, 0.2) is 5.11 Å². The molecule has 1 amide bonds. The summed E-state index contributed by atoms with van der Waals surface area (Å²) in [6.07, 6.45) is 0. The van der Waals surface area contributed by atoms with E-state index in [1.165, 1.54) is 42.5 Å². The van der Waals surface area contributed by atoms with Gasteiger partial charge in [0, 0.05) is 22.0 Å². The SMILES string of the molecule is CC1=C(C(=O)Nc2ccc(F)cc2)[C@H](c2c(F)cccc2Cl)NC(=S)N1. The summed E-state index contributed by atoms with van der Waals surface area (Å²) in [5.74, 6) is -1.46. The number of hydrogen-bond donors (Lipinski definition) is 3. The van der Waals surface area contributed by atoms with Crippen LogP contribution in [-0.4, -0.2) is 11.0 Å². The van der Waals surface area contributed by atoms with Crippen LogP contribution < -0.4 is 16.0 Å². The number of halogens is 3. The number of carbonyl (C=O) groups is 1. The molecule has 0 aromatic heterocycles. The normalized spacial score (nSPS) is 16.8. The lowest BCUT2D eigenvalue weighted by molar-refractivity contribution is -0.113. The van der Waals surface area contributed by atoms with Crippen LogP contribution in [0, 0.1) is 11.6 Å². The molecule has 1 heterocycles. The molecule has 2 aromatic carbocycles. The average Bonchev–Trinajstić information content (AvgIpc) is 2.56. The highest BCUT2D eigenvalue weighted by molar-refractivity contribution is 7.80. The third-order valence-corrected chi connectivity index (χ3v) is 4.45. The van der Waals surface area contributed by atoms with Crippen LogP contribution in [-0.2, 0) is 4.79 Å². The number of anilines is 1. The molecule has 2 aromatic rings. The Morgan fingerprint density at radius 1 is 1.19 bits per heavy atom. The third-order valence-electron chi connectivity index (χ3n) is 3.90. The van der Waals surface area contributed by atoms with E-state index < -0.39 is 23.6 Å². The summed E-state index contributed by atoms with van der Waals surface area (Å²) in [5, 5.41) is 8.84. The summed E-state index contributed by atoms with van der Waals surface area (Å²) in [5.41, 5.74) is 1.23. The zero-order valence-electron chi connectivity index (χ0n) is 13.6. The van der Waals surface area contributed by atoms with Gasteiger partial charge in [-0.15, -0.1) is 0 Å². The van der Waals surface area contributed by atoms with Gasteiger partial charge in [-0.3, -0.25) is 4.79 Å². The molecule has 0 spiro atoms. The number of rotatable bonds is 3. The van der Waals surface area contributed by atoms with Gasteiger partial charge in [-0.1, -0.05) is 17.7 Å². The molecule has 1 aliphatic rings. The maximum Gasteiger partial charge on any atom is 0.255 e. The first kappa shape index (κ1) is 18.3. The van der Waals surface area contributed by atoms with Gasteiger partial charge in [-0.25, -0.2) is 8.78 Å². The van der Waals surface area contributed by atoms with Crippen molar-refractivity contribution in [2.24, 2.45) is 0 Å². The van der Waals surface area contributed by atoms with Crippen LogP contribution in [0.2, 0.25) is 5.02 Å². The summed E-state index contributed by atoms with van der Waals surface area (Å²) in [7, 11) is 0. The molecule has 8 heteroatoms. The van der Waals surface area contributed by atoms with Crippen molar-refractivity contribution in [1.29, 1.82) is 0 Å². The van der Waals surface area contributed by atoms with Crippen molar-refractivity contribution in [3.05, 3.63) is 76.0 Å². The van der Waals surface area contributed by atoms with Gasteiger partial charge in [0.05, 0.1) is 11.6 Å². The van der Waals surface area contributed by atoms with Crippen molar-refractivity contribution >= 4 is 40.5 Å². The molecule has 0 saturated heterocycles. The van der Waals surface area contributed by atoms with Crippen LogP contribution in [0.3, 0.4) is 0 Å². The highest BCUT2D eigenvalue weighted by atomic mass is 35.5. The maximum absolute atomic E-state index is 14.4. The molecule has 26 heavy (non-hydrogen) atoms. The Labute approximate surface area is 159 Å². The van der Waals surface area contributed by atoms with Crippen LogP contribution in [0.15, 0.2) is 53.7 Å². The monoisotopic (exact) mass is 393 g/mol. The number of nitrogens with one attached hydrogen (secondary N) is 3. The van der Waals surface area contributed by atoms with E-state index in [1.807, 2.05) is 0 Å². The first-order valence-electron chi connectivity index (χ1n) is 7.66. The van der Waals surface area contributed by atoms with Crippen molar-refractivity contribution < 1.29 is 13.6 Å². The predicted octanol–water partition coefficient (Wildman–Crippen LogP) is 4.05. The molecular weight excluding hydrogens is 380 g/mol. The molecule has 0 unspecified atom stereocenters. The minimum absolute atomic E-state index is 0.127. The first-order chi connectivity index (χ1) is 12.4. The Kier molecular flexibility index (Phi) is 5.20. The Morgan fingerprint density at radius 3 is 2.54 bits per heavy atom. The minimum Gasteiger partial charge on any atom is -0.351 e. The molecule has 134 valence electrons. The fraction of sp³-hybridized carbons (Fsp3) is 0.111. The Balaban J connectivity index is 2.00. The lowest BCUT2D eigenvalue weighted by Crippen LogP contribution is -2.46. The molecule has 4 nitrogen and oxygen atoms in total. The largest absolute Gasteiger partial charge is 0.351 e. The standard InChI is InChI=1S/C18H14ClF2N3OS/c1-9-14(17(25)23-11-7-5-10(20)6-8-11)16(24-18(26)22-9)15-12(19)3-2-4-13(15)21/h2-8,16H,1H3,(H,23,25)(H2,22,24,26)/t16-/m1/s1. The zero-order chi connectivity index (χ0) is 18.8. The number of carbonyl (C=O) groups excluding carboxylic acids is 1. The number of amides is 1. The van der Waals surface area contributed by atoms with Gasteiger partial charge in [-0.05, 0) is 55.5 Å². The van der Waals surface area contributed by atoms with E-state index in [2.05, 4.69) is 16.0 Å².